The molecule has 0 N–H and O–H groups in total. The Bertz CT molecular complexity index is 255. The standard InChI is InChI=1S/C11H16O3/c12-10-5-4-8-2-1-3-9(10)11(8)13-6-7-14-11/h8-9H,1-7H2. The van der Waals surface area contributed by atoms with Gasteiger partial charge in [-0.1, -0.05) is 6.42 Å². The van der Waals surface area contributed by atoms with Gasteiger partial charge in [0, 0.05) is 12.3 Å². The Kier molecular flexibility index (Phi) is 1.92. The summed E-state index contributed by atoms with van der Waals surface area (Å²) in [6.45, 7) is 1.33. The zero-order chi connectivity index (χ0) is 9.60. The first-order chi connectivity index (χ1) is 6.83. The van der Waals surface area contributed by atoms with Crippen LogP contribution in [0.2, 0.25) is 0 Å². The van der Waals surface area contributed by atoms with E-state index in [0.717, 1.165) is 25.7 Å². The third-order valence-corrected chi connectivity index (χ3v) is 3.97. The van der Waals surface area contributed by atoms with Crippen molar-refractivity contribution in [2.45, 2.75) is 37.9 Å². The molecule has 3 fully saturated rings. The third kappa shape index (κ3) is 1.03. The first-order valence-corrected chi connectivity index (χ1v) is 5.63. The van der Waals surface area contributed by atoms with Crippen LogP contribution >= 0.6 is 0 Å². The fraction of sp³-hybridized carbons (Fsp3) is 0.909. The number of Topliss-reactive ketones (excluding diaryl/α,β-unsaturated/α-hetero) is 1. The monoisotopic (exact) mass is 196 g/mol. The Morgan fingerprint density at radius 1 is 1.14 bits per heavy atom. The maximum absolute atomic E-state index is 11.8. The molecule has 0 aromatic rings. The van der Waals surface area contributed by atoms with E-state index in [2.05, 4.69) is 0 Å². The van der Waals surface area contributed by atoms with E-state index in [1.54, 1.807) is 0 Å². The Balaban J connectivity index is 1.96. The molecule has 0 aromatic heterocycles. The van der Waals surface area contributed by atoms with Crippen LogP contribution in [0.1, 0.15) is 32.1 Å². The van der Waals surface area contributed by atoms with Crippen molar-refractivity contribution < 1.29 is 14.3 Å². The lowest BCUT2D eigenvalue weighted by Gasteiger charge is -2.47. The van der Waals surface area contributed by atoms with Gasteiger partial charge in [0.2, 0.25) is 0 Å². The normalized spacial score (nSPS) is 40.4. The van der Waals surface area contributed by atoms with Gasteiger partial charge in [0.15, 0.2) is 5.79 Å². The molecular formula is C11H16O3. The Morgan fingerprint density at radius 2 is 1.93 bits per heavy atom. The fourth-order valence-corrected chi connectivity index (χ4v) is 3.36. The summed E-state index contributed by atoms with van der Waals surface area (Å²) in [6.07, 6.45) is 5.01. The van der Waals surface area contributed by atoms with Crippen LogP contribution in [-0.2, 0) is 14.3 Å². The minimum absolute atomic E-state index is 0.0394. The SMILES string of the molecule is O=C1CCC2CCCC1C21OCCO1. The number of rotatable bonds is 0. The lowest BCUT2D eigenvalue weighted by atomic mass is 9.66. The van der Waals surface area contributed by atoms with Crippen LogP contribution in [0.25, 0.3) is 0 Å². The van der Waals surface area contributed by atoms with Crippen LogP contribution in [0, 0.1) is 11.8 Å². The first kappa shape index (κ1) is 8.86. The van der Waals surface area contributed by atoms with Crippen LogP contribution in [-0.4, -0.2) is 24.8 Å². The van der Waals surface area contributed by atoms with Crippen molar-refractivity contribution in [1.29, 1.82) is 0 Å². The molecule has 1 saturated heterocycles. The summed E-state index contributed by atoms with van der Waals surface area (Å²) < 4.78 is 11.6. The number of ketones is 1. The number of hydrogen-bond acceptors (Lipinski definition) is 3. The highest BCUT2D eigenvalue weighted by molar-refractivity contribution is 5.83. The summed E-state index contributed by atoms with van der Waals surface area (Å²) in [6, 6.07) is 0. The van der Waals surface area contributed by atoms with Crippen molar-refractivity contribution in [1.82, 2.24) is 0 Å². The maximum atomic E-state index is 11.8. The summed E-state index contributed by atoms with van der Waals surface area (Å²) in [5, 5.41) is 0. The lowest BCUT2D eigenvalue weighted by Crippen LogP contribution is -2.55. The quantitative estimate of drug-likeness (QED) is 0.589. The van der Waals surface area contributed by atoms with Crippen LogP contribution < -0.4 is 0 Å². The van der Waals surface area contributed by atoms with E-state index in [1.165, 1.54) is 6.42 Å². The van der Waals surface area contributed by atoms with E-state index in [1.807, 2.05) is 0 Å². The second-order valence-corrected chi connectivity index (χ2v) is 4.60. The Morgan fingerprint density at radius 3 is 2.71 bits per heavy atom. The molecule has 2 aliphatic carbocycles. The van der Waals surface area contributed by atoms with E-state index < -0.39 is 5.79 Å². The zero-order valence-corrected chi connectivity index (χ0v) is 8.33. The summed E-state index contributed by atoms with van der Waals surface area (Å²) in [7, 11) is 0. The van der Waals surface area contributed by atoms with Gasteiger partial charge in [-0.05, 0) is 19.3 Å². The molecule has 0 radical (unpaired) electrons. The topological polar surface area (TPSA) is 35.5 Å². The molecule has 2 bridgehead atoms. The van der Waals surface area contributed by atoms with E-state index >= 15 is 0 Å². The molecule has 3 aliphatic rings. The van der Waals surface area contributed by atoms with E-state index in [4.69, 9.17) is 9.47 Å². The van der Waals surface area contributed by atoms with E-state index in [0.29, 0.717) is 24.9 Å². The fourth-order valence-electron chi connectivity index (χ4n) is 3.36. The molecule has 3 nitrogen and oxygen atoms in total. The molecule has 78 valence electrons. The minimum atomic E-state index is -0.492. The lowest BCUT2D eigenvalue weighted by molar-refractivity contribution is -0.250. The minimum Gasteiger partial charge on any atom is -0.346 e. The van der Waals surface area contributed by atoms with Crippen LogP contribution in [0.3, 0.4) is 0 Å². The van der Waals surface area contributed by atoms with Gasteiger partial charge in [-0.3, -0.25) is 4.79 Å². The average Bonchev–Trinajstić information content (AvgIpc) is 2.62. The van der Waals surface area contributed by atoms with Crippen LogP contribution in [0.15, 0.2) is 0 Å². The molecule has 2 unspecified atom stereocenters. The summed E-state index contributed by atoms with van der Waals surface area (Å²) in [5.74, 6) is 0.384. The molecule has 1 aliphatic heterocycles. The summed E-state index contributed by atoms with van der Waals surface area (Å²) >= 11 is 0. The summed E-state index contributed by atoms with van der Waals surface area (Å²) in [4.78, 5) is 11.8. The van der Waals surface area contributed by atoms with Gasteiger partial charge in [-0.15, -0.1) is 0 Å². The van der Waals surface area contributed by atoms with Gasteiger partial charge < -0.3 is 9.47 Å². The summed E-state index contributed by atoms with van der Waals surface area (Å²) in [5.41, 5.74) is 0. The number of hydrogen-bond donors (Lipinski definition) is 0. The smallest absolute Gasteiger partial charge is 0.180 e. The van der Waals surface area contributed by atoms with Gasteiger partial charge in [0.1, 0.15) is 5.78 Å². The predicted molar refractivity (Wildman–Crippen MR) is 49.7 cm³/mol. The molecule has 1 heterocycles. The van der Waals surface area contributed by atoms with Crippen molar-refractivity contribution in [2.75, 3.05) is 13.2 Å². The van der Waals surface area contributed by atoms with Gasteiger partial charge in [0.25, 0.3) is 0 Å². The van der Waals surface area contributed by atoms with Crippen LogP contribution in [0.5, 0.6) is 0 Å². The molecular weight excluding hydrogens is 180 g/mol. The van der Waals surface area contributed by atoms with E-state index in [-0.39, 0.29) is 5.92 Å². The predicted octanol–water partition coefficient (Wildman–Crippen LogP) is 1.51. The number of carbonyl (C=O) groups excluding carboxylic acids is 1. The molecule has 3 heteroatoms. The van der Waals surface area contributed by atoms with Crippen molar-refractivity contribution >= 4 is 5.78 Å². The molecule has 0 amide bonds. The first-order valence-electron chi connectivity index (χ1n) is 5.63. The highest BCUT2D eigenvalue weighted by atomic mass is 16.7. The second kappa shape index (κ2) is 3.04. The molecule has 0 aromatic carbocycles. The molecule has 14 heavy (non-hydrogen) atoms. The molecule has 3 rings (SSSR count). The zero-order valence-electron chi connectivity index (χ0n) is 8.33. The molecule has 1 spiro atoms. The number of carbonyl (C=O) groups is 1. The van der Waals surface area contributed by atoms with Crippen molar-refractivity contribution in [3.8, 4) is 0 Å². The Labute approximate surface area is 83.8 Å². The highest BCUT2D eigenvalue weighted by Gasteiger charge is 2.57. The van der Waals surface area contributed by atoms with Gasteiger partial charge in [-0.25, -0.2) is 0 Å². The number of ether oxygens (including phenoxy) is 2. The average molecular weight is 196 g/mol. The largest absolute Gasteiger partial charge is 0.346 e. The van der Waals surface area contributed by atoms with Crippen molar-refractivity contribution in [3.63, 3.8) is 0 Å². The molecule has 2 saturated carbocycles. The van der Waals surface area contributed by atoms with Gasteiger partial charge >= 0.3 is 0 Å². The van der Waals surface area contributed by atoms with Gasteiger partial charge in [0.05, 0.1) is 19.1 Å². The highest BCUT2D eigenvalue weighted by Crippen LogP contribution is 2.50. The van der Waals surface area contributed by atoms with Crippen molar-refractivity contribution in [2.24, 2.45) is 11.8 Å². The van der Waals surface area contributed by atoms with Gasteiger partial charge in [-0.2, -0.15) is 0 Å². The Hall–Kier alpha value is -0.410. The molecule has 2 atom stereocenters. The van der Waals surface area contributed by atoms with Crippen molar-refractivity contribution in [3.05, 3.63) is 0 Å². The van der Waals surface area contributed by atoms with Crippen LogP contribution in [0.4, 0.5) is 0 Å². The van der Waals surface area contributed by atoms with E-state index in [9.17, 15) is 4.79 Å². The maximum Gasteiger partial charge on any atom is 0.180 e. The third-order valence-electron chi connectivity index (χ3n) is 3.97. The second-order valence-electron chi connectivity index (χ2n) is 4.60.